The minimum Gasteiger partial charge on any atom is -0.496 e. The van der Waals surface area contributed by atoms with Crippen LogP contribution in [0.4, 0.5) is 5.95 Å². The van der Waals surface area contributed by atoms with Crippen molar-refractivity contribution in [2.45, 2.75) is 26.8 Å². The molecule has 0 atom stereocenters. The van der Waals surface area contributed by atoms with Crippen LogP contribution in [-0.2, 0) is 0 Å². The fourth-order valence-corrected chi connectivity index (χ4v) is 4.03. The summed E-state index contributed by atoms with van der Waals surface area (Å²) in [6.07, 6.45) is 1.68. The van der Waals surface area contributed by atoms with Crippen molar-refractivity contribution in [2.75, 3.05) is 12.4 Å². The molecule has 0 aliphatic rings. The van der Waals surface area contributed by atoms with Crippen molar-refractivity contribution in [1.82, 2.24) is 29.9 Å². The first-order valence-electron chi connectivity index (χ1n) is 11.3. The molecule has 35 heavy (non-hydrogen) atoms. The summed E-state index contributed by atoms with van der Waals surface area (Å²) in [6.45, 7) is 6.08. The molecule has 3 heterocycles. The minimum absolute atomic E-state index is 0.0828. The smallest absolute Gasteiger partial charge is 0.258 e. The van der Waals surface area contributed by atoms with Crippen LogP contribution >= 0.6 is 0 Å². The van der Waals surface area contributed by atoms with E-state index in [0.717, 1.165) is 16.7 Å². The Hall–Kier alpha value is -4.53. The maximum atomic E-state index is 13.5. The Morgan fingerprint density at radius 3 is 2.54 bits per heavy atom. The van der Waals surface area contributed by atoms with Crippen LogP contribution < -0.4 is 10.1 Å². The predicted molar refractivity (Wildman–Crippen MR) is 134 cm³/mol. The summed E-state index contributed by atoms with van der Waals surface area (Å²) in [6, 6.07) is 17.3. The molecule has 0 aliphatic heterocycles. The molecule has 0 spiro atoms. The van der Waals surface area contributed by atoms with E-state index in [1.54, 1.807) is 19.4 Å². The second kappa shape index (κ2) is 9.02. The number of hydrogen-bond acceptors (Lipinski definition) is 6. The number of anilines is 1. The van der Waals surface area contributed by atoms with E-state index in [1.807, 2.05) is 74.0 Å². The molecule has 176 valence electrons. The first kappa shape index (κ1) is 22.3. The molecule has 9 nitrogen and oxygen atoms in total. The number of methoxy groups -OCH3 is 1. The molecular weight excluding hydrogens is 442 g/mol. The second-order valence-electron chi connectivity index (χ2n) is 8.45. The minimum atomic E-state index is -0.346. The molecule has 0 bridgehead atoms. The Balaban J connectivity index is 1.55. The van der Waals surface area contributed by atoms with Gasteiger partial charge < -0.3 is 4.74 Å². The van der Waals surface area contributed by atoms with Crippen LogP contribution in [0.1, 0.15) is 35.8 Å². The number of amides is 1. The molecule has 0 unspecified atom stereocenters. The van der Waals surface area contributed by atoms with Crippen molar-refractivity contribution >= 4 is 22.9 Å². The predicted octanol–water partition coefficient (Wildman–Crippen LogP) is 5.03. The Kier molecular flexibility index (Phi) is 5.74. The maximum Gasteiger partial charge on any atom is 0.258 e. The highest BCUT2D eigenvalue weighted by Gasteiger charge is 2.20. The topological polar surface area (TPSA) is 111 Å². The molecule has 0 fully saturated rings. The molecule has 9 heteroatoms. The fraction of sp³-hybridized carbons (Fsp3) is 0.192. The van der Waals surface area contributed by atoms with Gasteiger partial charge in [-0.1, -0.05) is 36.4 Å². The summed E-state index contributed by atoms with van der Waals surface area (Å²) >= 11 is 0. The van der Waals surface area contributed by atoms with E-state index in [9.17, 15) is 4.79 Å². The molecule has 0 radical (unpaired) electrons. The molecule has 0 saturated heterocycles. The highest BCUT2D eigenvalue weighted by Crippen LogP contribution is 2.30. The van der Waals surface area contributed by atoms with Crippen molar-refractivity contribution in [2.24, 2.45) is 0 Å². The summed E-state index contributed by atoms with van der Waals surface area (Å²) < 4.78 is 7.22. The molecule has 3 aromatic heterocycles. The van der Waals surface area contributed by atoms with Crippen LogP contribution in [0.25, 0.3) is 33.7 Å². The van der Waals surface area contributed by atoms with Crippen LogP contribution in [0.3, 0.4) is 0 Å². The Morgan fingerprint density at radius 1 is 1.06 bits per heavy atom. The number of carbonyl (C=O) groups excluding carboxylic acids is 1. The summed E-state index contributed by atoms with van der Waals surface area (Å²) in [4.78, 5) is 22.8. The number of rotatable bonds is 6. The number of pyridine rings is 1. The van der Waals surface area contributed by atoms with Crippen molar-refractivity contribution in [3.63, 3.8) is 0 Å². The van der Waals surface area contributed by atoms with Gasteiger partial charge in [0.1, 0.15) is 5.75 Å². The fourth-order valence-electron chi connectivity index (χ4n) is 4.03. The number of nitrogens with one attached hydrogen (secondary N) is 2. The molecule has 1 amide bonds. The van der Waals surface area contributed by atoms with E-state index >= 15 is 0 Å². The standard InChI is InChI=1S/C26H25N7O2/c1-15(2)33-24-20(14-27-33)19(13-21(28-24)17-10-6-5-9-16(17)3)25(34)30-26-29-23(31-32-26)18-11-7-8-12-22(18)35-4/h5-15H,1-4H3,(H2,29,30,31,32,34). The average Bonchev–Trinajstić information content (AvgIpc) is 3.51. The van der Waals surface area contributed by atoms with Gasteiger partial charge >= 0.3 is 0 Å². The monoisotopic (exact) mass is 467 g/mol. The van der Waals surface area contributed by atoms with Gasteiger partial charge in [-0.05, 0) is 44.5 Å². The second-order valence-corrected chi connectivity index (χ2v) is 8.45. The van der Waals surface area contributed by atoms with Crippen LogP contribution in [0.2, 0.25) is 0 Å². The molecule has 0 saturated carbocycles. The van der Waals surface area contributed by atoms with Gasteiger partial charge in [0.2, 0.25) is 5.95 Å². The first-order valence-corrected chi connectivity index (χ1v) is 11.3. The molecule has 5 rings (SSSR count). The number of carbonyl (C=O) groups is 1. The lowest BCUT2D eigenvalue weighted by Crippen LogP contribution is -2.14. The number of nitrogens with zero attached hydrogens (tertiary/aromatic N) is 5. The number of para-hydroxylation sites is 1. The summed E-state index contributed by atoms with van der Waals surface area (Å²) in [5, 5.41) is 15.0. The van der Waals surface area contributed by atoms with E-state index in [1.165, 1.54) is 0 Å². The Morgan fingerprint density at radius 2 is 1.80 bits per heavy atom. The molecule has 5 aromatic rings. The lowest BCUT2D eigenvalue weighted by molar-refractivity contribution is 0.102. The molecule has 2 aromatic carbocycles. The van der Waals surface area contributed by atoms with Crippen molar-refractivity contribution < 1.29 is 9.53 Å². The van der Waals surface area contributed by atoms with Crippen LogP contribution in [0.15, 0.2) is 60.8 Å². The van der Waals surface area contributed by atoms with E-state index in [-0.39, 0.29) is 17.9 Å². The van der Waals surface area contributed by atoms with Crippen LogP contribution in [0.5, 0.6) is 5.75 Å². The summed E-state index contributed by atoms with van der Waals surface area (Å²) in [7, 11) is 1.59. The maximum absolute atomic E-state index is 13.5. The van der Waals surface area contributed by atoms with Gasteiger partial charge in [-0.15, -0.1) is 5.10 Å². The van der Waals surface area contributed by atoms with Crippen LogP contribution in [0, 0.1) is 6.92 Å². The Bertz CT molecular complexity index is 1530. The lowest BCUT2D eigenvalue weighted by atomic mass is 10.0. The zero-order chi connectivity index (χ0) is 24.5. The average molecular weight is 468 g/mol. The first-order chi connectivity index (χ1) is 17.0. The van der Waals surface area contributed by atoms with Crippen molar-refractivity contribution in [3.8, 4) is 28.4 Å². The van der Waals surface area contributed by atoms with Crippen molar-refractivity contribution in [1.29, 1.82) is 0 Å². The number of ether oxygens (including phenoxy) is 1. The van der Waals surface area contributed by atoms with Gasteiger partial charge in [0, 0.05) is 11.6 Å². The zero-order valence-electron chi connectivity index (χ0n) is 19.9. The summed E-state index contributed by atoms with van der Waals surface area (Å²) in [5.74, 6) is 0.961. The molecule has 0 aliphatic carbocycles. The largest absolute Gasteiger partial charge is 0.496 e. The quantitative estimate of drug-likeness (QED) is 0.362. The normalized spacial score (nSPS) is 11.2. The van der Waals surface area contributed by atoms with Gasteiger partial charge in [0.05, 0.1) is 35.5 Å². The van der Waals surface area contributed by atoms with E-state index in [2.05, 4.69) is 25.6 Å². The van der Waals surface area contributed by atoms with Crippen molar-refractivity contribution in [3.05, 3.63) is 71.9 Å². The van der Waals surface area contributed by atoms with Crippen LogP contribution in [-0.4, -0.2) is 43.0 Å². The SMILES string of the molecule is COc1ccccc1-c1nc(NC(=O)c2cc(-c3ccccc3C)nc3c2cnn3C(C)C)n[nH]1. The number of hydrogen-bond donors (Lipinski definition) is 2. The van der Waals surface area contributed by atoms with E-state index < -0.39 is 0 Å². The van der Waals surface area contributed by atoms with E-state index in [4.69, 9.17) is 9.72 Å². The number of aromatic amines is 1. The number of H-pyrrole nitrogens is 1. The third-order valence-corrected chi connectivity index (χ3v) is 5.79. The third-order valence-electron chi connectivity index (χ3n) is 5.79. The number of aryl methyl sites for hydroxylation is 1. The summed E-state index contributed by atoms with van der Waals surface area (Å²) in [5.41, 5.74) is 4.56. The molecule has 2 N–H and O–H groups in total. The molecular formula is C26H25N7O2. The van der Waals surface area contributed by atoms with Gasteiger partial charge in [-0.2, -0.15) is 10.1 Å². The van der Waals surface area contributed by atoms with Gasteiger partial charge in [0.25, 0.3) is 5.91 Å². The number of fused-ring (bicyclic) bond motifs is 1. The van der Waals surface area contributed by atoms with Gasteiger partial charge in [0.15, 0.2) is 11.5 Å². The third kappa shape index (κ3) is 4.12. The van der Waals surface area contributed by atoms with Gasteiger partial charge in [-0.3, -0.25) is 15.2 Å². The number of aromatic nitrogens is 6. The lowest BCUT2D eigenvalue weighted by Gasteiger charge is -2.11. The van der Waals surface area contributed by atoms with Gasteiger partial charge in [-0.25, -0.2) is 9.67 Å². The zero-order valence-corrected chi connectivity index (χ0v) is 19.9. The van der Waals surface area contributed by atoms with E-state index in [0.29, 0.717) is 33.9 Å². The Labute approximate surface area is 202 Å². The number of benzene rings is 2. The highest BCUT2D eigenvalue weighted by atomic mass is 16.5. The highest BCUT2D eigenvalue weighted by molar-refractivity contribution is 6.12.